The average Bonchev–Trinajstić information content (AvgIpc) is 2.63. The number of aromatic nitrogens is 1. The summed E-state index contributed by atoms with van der Waals surface area (Å²) >= 11 is 0. The molecule has 0 aliphatic rings. The van der Waals surface area contributed by atoms with Crippen molar-refractivity contribution < 1.29 is 13.2 Å². The molecule has 0 fully saturated rings. The van der Waals surface area contributed by atoms with Crippen LogP contribution in [0.25, 0.3) is 0 Å². The van der Waals surface area contributed by atoms with Gasteiger partial charge in [0.2, 0.25) is 0 Å². The number of para-hydroxylation sites is 2. The number of aryl methyl sites for hydroxylation is 1. The van der Waals surface area contributed by atoms with Gasteiger partial charge in [-0.3, -0.25) is 9.71 Å². The lowest BCUT2D eigenvalue weighted by molar-refractivity contribution is 0.468. The highest BCUT2D eigenvalue weighted by Crippen LogP contribution is 2.30. The Morgan fingerprint density at radius 2 is 1.72 bits per heavy atom. The first-order chi connectivity index (χ1) is 12.1. The molecular formula is C19H18N2O3S. The minimum absolute atomic E-state index is 0.0739. The summed E-state index contributed by atoms with van der Waals surface area (Å²) in [6.07, 6.45) is 3.85. The Bertz CT molecular complexity index is 957. The summed E-state index contributed by atoms with van der Waals surface area (Å²) in [7, 11) is -3.81. The molecule has 0 spiro atoms. The number of benzene rings is 2. The van der Waals surface area contributed by atoms with Crippen molar-refractivity contribution in [2.45, 2.75) is 18.2 Å². The summed E-state index contributed by atoms with van der Waals surface area (Å²) in [5, 5.41) is 0. The molecule has 1 aromatic heterocycles. The van der Waals surface area contributed by atoms with Crippen LogP contribution in [0.4, 0.5) is 5.69 Å². The van der Waals surface area contributed by atoms with Crippen molar-refractivity contribution in [2.24, 2.45) is 0 Å². The van der Waals surface area contributed by atoms with Crippen molar-refractivity contribution in [3.05, 3.63) is 78.6 Å². The van der Waals surface area contributed by atoms with Crippen LogP contribution >= 0.6 is 0 Å². The standard InChI is InChI=1S/C19H18N2O3S/c1-2-15-12-13-20-14-17(15)21-25(22,23)19-11-7-6-10-18(19)24-16-8-4-3-5-9-16/h3-14,21H,2H2,1H3. The number of nitrogens with zero attached hydrogens (tertiary/aromatic N) is 1. The first-order valence-corrected chi connectivity index (χ1v) is 9.36. The van der Waals surface area contributed by atoms with Gasteiger partial charge in [-0.05, 0) is 42.3 Å². The molecule has 0 saturated carbocycles. The van der Waals surface area contributed by atoms with Gasteiger partial charge in [0, 0.05) is 6.20 Å². The fourth-order valence-corrected chi connectivity index (χ4v) is 3.61. The topological polar surface area (TPSA) is 68.3 Å². The SMILES string of the molecule is CCc1ccncc1NS(=O)(=O)c1ccccc1Oc1ccccc1. The quantitative estimate of drug-likeness (QED) is 0.719. The predicted molar refractivity (Wildman–Crippen MR) is 97.4 cm³/mol. The van der Waals surface area contributed by atoms with E-state index in [0.29, 0.717) is 17.9 Å². The molecule has 0 aliphatic heterocycles. The van der Waals surface area contributed by atoms with E-state index >= 15 is 0 Å². The van der Waals surface area contributed by atoms with Crippen LogP contribution in [0, 0.1) is 0 Å². The van der Waals surface area contributed by atoms with Crippen LogP contribution in [-0.2, 0) is 16.4 Å². The lowest BCUT2D eigenvalue weighted by Gasteiger charge is -2.14. The van der Waals surface area contributed by atoms with E-state index in [-0.39, 0.29) is 10.6 Å². The molecule has 2 aromatic carbocycles. The van der Waals surface area contributed by atoms with Crippen molar-refractivity contribution in [3.8, 4) is 11.5 Å². The second kappa shape index (κ2) is 7.36. The number of hydrogen-bond donors (Lipinski definition) is 1. The molecule has 5 nitrogen and oxygen atoms in total. The zero-order valence-corrected chi connectivity index (χ0v) is 14.5. The second-order valence-electron chi connectivity index (χ2n) is 5.35. The Morgan fingerprint density at radius 1 is 1.00 bits per heavy atom. The molecule has 3 rings (SSSR count). The van der Waals surface area contributed by atoms with E-state index in [2.05, 4.69) is 9.71 Å². The molecule has 0 unspecified atom stereocenters. The minimum atomic E-state index is -3.81. The van der Waals surface area contributed by atoms with Gasteiger partial charge in [-0.15, -0.1) is 0 Å². The van der Waals surface area contributed by atoms with Crippen LogP contribution in [0.2, 0.25) is 0 Å². The van der Waals surface area contributed by atoms with Gasteiger partial charge in [0.1, 0.15) is 16.4 Å². The summed E-state index contributed by atoms with van der Waals surface area (Å²) in [5.41, 5.74) is 1.35. The maximum Gasteiger partial charge on any atom is 0.265 e. The van der Waals surface area contributed by atoms with Gasteiger partial charge in [0.15, 0.2) is 0 Å². The second-order valence-corrected chi connectivity index (χ2v) is 7.00. The number of anilines is 1. The average molecular weight is 354 g/mol. The van der Waals surface area contributed by atoms with Crippen molar-refractivity contribution >= 4 is 15.7 Å². The van der Waals surface area contributed by atoms with Crippen molar-refractivity contribution in [1.82, 2.24) is 4.98 Å². The molecule has 1 N–H and O–H groups in total. The summed E-state index contributed by atoms with van der Waals surface area (Å²) in [4.78, 5) is 4.08. The van der Waals surface area contributed by atoms with Gasteiger partial charge in [-0.1, -0.05) is 37.3 Å². The number of rotatable bonds is 6. The van der Waals surface area contributed by atoms with Crippen LogP contribution in [0.3, 0.4) is 0 Å². The molecule has 0 atom stereocenters. The van der Waals surface area contributed by atoms with E-state index in [9.17, 15) is 8.42 Å². The van der Waals surface area contributed by atoms with E-state index < -0.39 is 10.0 Å². The third kappa shape index (κ3) is 3.97. The lowest BCUT2D eigenvalue weighted by Crippen LogP contribution is -2.15. The largest absolute Gasteiger partial charge is 0.456 e. The number of pyridine rings is 1. The van der Waals surface area contributed by atoms with Gasteiger partial charge in [0.05, 0.1) is 11.9 Å². The molecule has 0 amide bonds. The van der Waals surface area contributed by atoms with E-state index in [1.54, 1.807) is 42.6 Å². The molecule has 0 radical (unpaired) electrons. The zero-order valence-electron chi connectivity index (χ0n) is 13.7. The highest BCUT2D eigenvalue weighted by molar-refractivity contribution is 7.92. The monoisotopic (exact) mass is 354 g/mol. The first kappa shape index (κ1) is 17.0. The van der Waals surface area contributed by atoms with Crippen LogP contribution in [0.15, 0.2) is 78.0 Å². The molecule has 3 aromatic rings. The van der Waals surface area contributed by atoms with Gasteiger partial charge < -0.3 is 4.74 Å². The molecule has 25 heavy (non-hydrogen) atoms. The van der Waals surface area contributed by atoms with Gasteiger partial charge in [-0.2, -0.15) is 0 Å². The van der Waals surface area contributed by atoms with Crippen molar-refractivity contribution in [1.29, 1.82) is 0 Å². The minimum Gasteiger partial charge on any atom is -0.456 e. The zero-order chi connectivity index (χ0) is 17.7. The van der Waals surface area contributed by atoms with E-state index in [4.69, 9.17) is 4.74 Å². The number of sulfonamides is 1. The predicted octanol–water partition coefficient (Wildman–Crippen LogP) is 4.24. The smallest absolute Gasteiger partial charge is 0.265 e. The molecule has 128 valence electrons. The van der Waals surface area contributed by atoms with Gasteiger partial charge >= 0.3 is 0 Å². The van der Waals surface area contributed by atoms with Crippen LogP contribution in [0.1, 0.15) is 12.5 Å². The highest BCUT2D eigenvalue weighted by atomic mass is 32.2. The third-order valence-corrected chi connectivity index (χ3v) is 5.05. The Labute approximate surface area is 147 Å². The molecule has 6 heteroatoms. The van der Waals surface area contributed by atoms with E-state index in [0.717, 1.165) is 5.56 Å². The molecular weight excluding hydrogens is 336 g/mol. The molecule has 0 saturated heterocycles. The first-order valence-electron chi connectivity index (χ1n) is 7.88. The van der Waals surface area contributed by atoms with Crippen LogP contribution < -0.4 is 9.46 Å². The number of ether oxygens (including phenoxy) is 1. The van der Waals surface area contributed by atoms with Gasteiger partial charge in [0.25, 0.3) is 10.0 Å². The fraction of sp³-hybridized carbons (Fsp3) is 0.105. The summed E-state index contributed by atoms with van der Waals surface area (Å²) < 4.78 is 34.1. The summed E-state index contributed by atoms with van der Waals surface area (Å²) in [5.74, 6) is 0.837. The van der Waals surface area contributed by atoms with Crippen molar-refractivity contribution in [2.75, 3.05) is 4.72 Å². The Balaban J connectivity index is 1.95. The molecule has 0 bridgehead atoms. The Kier molecular flexibility index (Phi) is 5.00. The van der Waals surface area contributed by atoms with Crippen LogP contribution in [0.5, 0.6) is 11.5 Å². The molecule has 0 aliphatic carbocycles. The van der Waals surface area contributed by atoms with Crippen LogP contribution in [-0.4, -0.2) is 13.4 Å². The maximum absolute atomic E-state index is 12.9. The number of nitrogens with one attached hydrogen (secondary N) is 1. The van der Waals surface area contributed by atoms with Gasteiger partial charge in [-0.25, -0.2) is 8.42 Å². The molecule has 1 heterocycles. The summed E-state index contributed by atoms with van der Waals surface area (Å²) in [6.45, 7) is 1.96. The van der Waals surface area contributed by atoms with Crippen molar-refractivity contribution in [3.63, 3.8) is 0 Å². The Morgan fingerprint density at radius 3 is 2.48 bits per heavy atom. The summed E-state index contributed by atoms with van der Waals surface area (Å²) in [6, 6.07) is 17.4. The highest BCUT2D eigenvalue weighted by Gasteiger charge is 2.21. The Hall–Kier alpha value is -2.86. The van der Waals surface area contributed by atoms with E-state index in [1.807, 2.05) is 25.1 Å². The van der Waals surface area contributed by atoms with E-state index in [1.165, 1.54) is 12.3 Å². The lowest BCUT2D eigenvalue weighted by atomic mass is 10.2. The fourth-order valence-electron chi connectivity index (χ4n) is 2.40. The maximum atomic E-state index is 12.9. The third-order valence-electron chi connectivity index (χ3n) is 3.65. The number of hydrogen-bond acceptors (Lipinski definition) is 4. The normalized spacial score (nSPS) is 11.1.